The zero-order valence-electron chi connectivity index (χ0n) is 20.0. The van der Waals surface area contributed by atoms with E-state index in [4.69, 9.17) is 4.74 Å². The van der Waals surface area contributed by atoms with Gasteiger partial charge in [0.15, 0.2) is 0 Å². The van der Waals surface area contributed by atoms with Gasteiger partial charge in [0.05, 0.1) is 18.4 Å². The molecule has 1 saturated heterocycles. The van der Waals surface area contributed by atoms with Crippen LogP contribution < -0.4 is 0 Å². The van der Waals surface area contributed by atoms with Gasteiger partial charge in [-0.1, -0.05) is 30.3 Å². The second kappa shape index (κ2) is 10.5. The van der Waals surface area contributed by atoms with Crippen LogP contribution in [0.4, 0.5) is 13.6 Å². The van der Waals surface area contributed by atoms with Crippen molar-refractivity contribution in [3.63, 3.8) is 0 Å². The lowest BCUT2D eigenvalue weighted by molar-refractivity contribution is -0.135. The van der Waals surface area contributed by atoms with Crippen molar-refractivity contribution in [2.45, 2.75) is 31.7 Å². The first kappa shape index (κ1) is 24.8. The fourth-order valence-electron chi connectivity index (χ4n) is 5.03. The maximum absolute atomic E-state index is 14.6. The summed E-state index contributed by atoms with van der Waals surface area (Å²) in [5, 5.41) is 5.96. The highest BCUT2D eigenvalue weighted by atomic mass is 19.1. The quantitative estimate of drug-likeness (QED) is 0.622. The molecule has 2 aliphatic rings. The number of benzene rings is 2. The van der Waals surface area contributed by atoms with Crippen LogP contribution in [0.3, 0.4) is 0 Å². The summed E-state index contributed by atoms with van der Waals surface area (Å²) in [5.74, 6) is -1.38. The molecule has 35 heavy (non-hydrogen) atoms. The lowest BCUT2D eigenvalue weighted by Gasteiger charge is -2.38. The SMILES string of the molecule is COC(=O)N1CCN(CCC[C@]2(c3ccccc3)CC(c3cc(F)ccc3F)=NN2C(C)=O)CC1. The summed E-state index contributed by atoms with van der Waals surface area (Å²) in [7, 11) is 1.38. The van der Waals surface area contributed by atoms with Crippen LogP contribution in [0.15, 0.2) is 53.6 Å². The molecule has 4 rings (SSSR count). The van der Waals surface area contributed by atoms with Crippen molar-refractivity contribution in [2.75, 3.05) is 39.8 Å². The van der Waals surface area contributed by atoms with E-state index in [1.54, 1.807) is 4.90 Å². The number of methoxy groups -OCH3 is 1. The average Bonchev–Trinajstić information content (AvgIpc) is 3.27. The summed E-state index contributed by atoms with van der Waals surface area (Å²) in [5.41, 5.74) is 0.539. The number of amides is 2. The Hall–Kier alpha value is -3.33. The van der Waals surface area contributed by atoms with Gasteiger partial charge < -0.3 is 9.64 Å². The molecule has 1 atom stereocenters. The average molecular weight is 485 g/mol. The highest BCUT2D eigenvalue weighted by molar-refractivity contribution is 6.03. The number of hydrazone groups is 1. The molecule has 2 aromatic carbocycles. The third-order valence-electron chi connectivity index (χ3n) is 6.80. The van der Waals surface area contributed by atoms with E-state index in [9.17, 15) is 18.4 Å². The Morgan fingerprint density at radius 1 is 1.06 bits per heavy atom. The zero-order chi connectivity index (χ0) is 25.0. The van der Waals surface area contributed by atoms with Crippen molar-refractivity contribution in [2.24, 2.45) is 5.10 Å². The second-order valence-corrected chi connectivity index (χ2v) is 8.98. The van der Waals surface area contributed by atoms with Crippen LogP contribution in [-0.4, -0.2) is 72.4 Å². The van der Waals surface area contributed by atoms with E-state index in [-0.39, 0.29) is 24.0 Å². The summed E-state index contributed by atoms with van der Waals surface area (Å²) < 4.78 is 33.4. The van der Waals surface area contributed by atoms with Crippen LogP contribution in [0.2, 0.25) is 0 Å². The second-order valence-electron chi connectivity index (χ2n) is 8.98. The van der Waals surface area contributed by atoms with Crippen molar-refractivity contribution < 1.29 is 23.1 Å². The molecule has 2 aromatic rings. The molecule has 2 aliphatic heterocycles. The third-order valence-corrected chi connectivity index (χ3v) is 6.80. The van der Waals surface area contributed by atoms with Gasteiger partial charge in [-0.05, 0) is 43.1 Å². The van der Waals surface area contributed by atoms with Gasteiger partial charge in [0, 0.05) is 45.1 Å². The van der Waals surface area contributed by atoms with Gasteiger partial charge >= 0.3 is 6.09 Å². The number of rotatable bonds is 6. The number of piperazine rings is 1. The Labute approximate surface area is 203 Å². The predicted molar refractivity (Wildman–Crippen MR) is 128 cm³/mol. The predicted octanol–water partition coefficient (Wildman–Crippen LogP) is 3.98. The first-order valence-electron chi connectivity index (χ1n) is 11.8. The minimum atomic E-state index is -0.797. The molecule has 186 valence electrons. The molecular weight excluding hydrogens is 454 g/mol. The van der Waals surface area contributed by atoms with Gasteiger partial charge in [-0.25, -0.2) is 18.6 Å². The van der Waals surface area contributed by atoms with Crippen LogP contribution in [0, 0.1) is 11.6 Å². The number of carbonyl (C=O) groups is 2. The van der Waals surface area contributed by atoms with Crippen molar-refractivity contribution in [1.29, 1.82) is 0 Å². The molecule has 0 spiro atoms. The minimum absolute atomic E-state index is 0.0768. The number of halogens is 2. The van der Waals surface area contributed by atoms with E-state index in [1.807, 2.05) is 30.3 Å². The van der Waals surface area contributed by atoms with Gasteiger partial charge in [0.2, 0.25) is 5.91 Å². The fraction of sp³-hybridized carbons (Fsp3) is 0.423. The minimum Gasteiger partial charge on any atom is -0.453 e. The summed E-state index contributed by atoms with van der Waals surface area (Å²) in [4.78, 5) is 28.4. The van der Waals surface area contributed by atoms with Gasteiger partial charge in [-0.15, -0.1) is 0 Å². The zero-order valence-corrected chi connectivity index (χ0v) is 20.0. The van der Waals surface area contributed by atoms with Crippen molar-refractivity contribution in [1.82, 2.24) is 14.8 Å². The van der Waals surface area contributed by atoms with Crippen LogP contribution in [0.25, 0.3) is 0 Å². The standard InChI is InChI=1S/C26H30F2N4O3/c1-19(33)32-26(20-7-4-3-5-8-20,18-24(29-32)22-17-21(27)9-10-23(22)28)11-6-12-30-13-15-31(16-14-30)25(34)35-2/h3-5,7-10,17H,6,11-16,18H2,1-2H3/t26-/m1/s1. The van der Waals surface area contributed by atoms with Gasteiger partial charge in [0.1, 0.15) is 11.6 Å². The number of hydrogen-bond acceptors (Lipinski definition) is 5. The van der Waals surface area contributed by atoms with Gasteiger partial charge in [0.25, 0.3) is 0 Å². The molecule has 0 radical (unpaired) electrons. The Morgan fingerprint density at radius 3 is 2.43 bits per heavy atom. The number of carbonyl (C=O) groups excluding carboxylic acids is 2. The van der Waals surface area contributed by atoms with Gasteiger partial charge in [-0.3, -0.25) is 9.69 Å². The van der Waals surface area contributed by atoms with Crippen LogP contribution in [0.5, 0.6) is 0 Å². The Bertz CT molecular complexity index is 1100. The molecule has 0 bridgehead atoms. The molecule has 9 heteroatoms. The monoisotopic (exact) mass is 484 g/mol. The van der Waals surface area contributed by atoms with Crippen LogP contribution >= 0.6 is 0 Å². The van der Waals surface area contributed by atoms with Crippen molar-refractivity contribution in [3.8, 4) is 0 Å². The van der Waals surface area contributed by atoms with Crippen molar-refractivity contribution >= 4 is 17.7 Å². The summed E-state index contributed by atoms with van der Waals surface area (Å²) >= 11 is 0. The van der Waals surface area contributed by atoms with Crippen LogP contribution in [-0.2, 0) is 15.1 Å². The molecular formula is C26H30F2N4O3. The molecule has 7 nitrogen and oxygen atoms in total. The number of ether oxygens (including phenoxy) is 1. The third kappa shape index (κ3) is 5.19. The topological polar surface area (TPSA) is 65.5 Å². The normalized spacial score (nSPS) is 20.6. The molecule has 1 fully saturated rings. The highest BCUT2D eigenvalue weighted by Gasteiger charge is 2.46. The van der Waals surface area contributed by atoms with E-state index < -0.39 is 17.2 Å². The Morgan fingerprint density at radius 2 is 1.77 bits per heavy atom. The van der Waals surface area contributed by atoms with E-state index in [1.165, 1.54) is 19.0 Å². The highest BCUT2D eigenvalue weighted by Crippen LogP contribution is 2.43. The van der Waals surface area contributed by atoms with E-state index in [0.717, 1.165) is 49.8 Å². The Kier molecular flexibility index (Phi) is 7.45. The number of hydrogen-bond donors (Lipinski definition) is 0. The maximum atomic E-state index is 14.6. The summed E-state index contributed by atoms with van der Waals surface area (Å²) in [6.07, 6.45) is 1.32. The number of nitrogens with zero attached hydrogens (tertiary/aromatic N) is 4. The maximum Gasteiger partial charge on any atom is 0.409 e. The molecule has 0 aromatic heterocycles. The molecule has 0 aliphatic carbocycles. The van der Waals surface area contributed by atoms with Gasteiger partial charge in [-0.2, -0.15) is 5.10 Å². The lowest BCUT2D eigenvalue weighted by atomic mass is 9.80. The van der Waals surface area contributed by atoms with Crippen LogP contribution in [0.1, 0.15) is 37.3 Å². The summed E-state index contributed by atoms with van der Waals surface area (Å²) in [6, 6.07) is 12.9. The molecule has 2 heterocycles. The smallest absolute Gasteiger partial charge is 0.409 e. The first-order chi connectivity index (χ1) is 16.8. The van der Waals surface area contributed by atoms with E-state index in [0.29, 0.717) is 25.2 Å². The largest absolute Gasteiger partial charge is 0.453 e. The summed E-state index contributed by atoms with van der Waals surface area (Å²) in [6.45, 7) is 4.89. The molecule has 0 saturated carbocycles. The Balaban J connectivity index is 1.55. The molecule has 0 unspecified atom stereocenters. The first-order valence-corrected chi connectivity index (χ1v) is 11.8. The fourth-order valence-corrected chi connectivity index (χ4v) is 5.03. The van der Waals surface area contributed by atoms with E-state index >= 15 is 0 Å². The van der Waals surface area contributed by atoms with Crippen molar-refractivity contribution in [3.05, 3.63) is 71.3 Å². The lowest BCUT2D eigenvalue weighted by Crippen LogP contribution is -2.49. The molecule has 0 N–H and O–H groups in total. The molecule has 2 amide bonds. The van der Waals surface area contributed by atoms with E-state index in [2.05, 4.69) is 10.0 Å².